The summed E-state index contributed by atoms with van der Waals surface area (Å²) in [5.41, 5.74) is 9.86. The van der Waals surface area contributed by atoms with Gasteiger partial charge >= 0.3 is 6.09 Å². The van der Waals surface area contributed by atoms with E-state index in [0.29, 0.717) is 19.4 Å². The number of carbonyl (C=O) groups excluding carboxylic acids is 2. The van der Waals surface area contributed by atoms with E-state index in [0.717, 1.165) is 0 Å². The summed E-state index contributed by atoms with van der Waals surface area (Å²) in [6.07, 6.45) is 0.391. The van der Waals surface area contributed by atoms with Gasteiger partial charge in [0.25, 0.3) is 0 Å². The van der Waals surface area contributed by atoms with Gasteiger partial charge in [-0.1, -0.05) is 0 Å². The maximum absolute atomic E-state index is 11.4. The van der Waals surface area contributed by atoms with E-state index >= 15 is 0 Å². The number of nitrogens with one attached hydrogen (secondary N) is 1. The molecule has 1 unspecified atom stereocenters. The third-order valence-electron chi connectivity index (χ3n) is 1.73. The predicted octanol–water partition coefficient (Wildman–Crippen LogP) is 0.104. The maximum Gasteiger partial charge on any atom is 0.408 e. The van der Waals surface area contributed by atoms with Crippen LogP contribution in [0.5, 0.6) is 0 Å². The molecule has 6 heteroatoms. The van der Waals surface area contributed by atoms with E-state index in [9.17, 15) is 9.59 Å². The number of hydrogen-bond donors (Lipinski definition) is 3. The molecule has 6 nitrogen and oxygen atoms in total. The molecular formula is C10H21N3O3. The monoisotopic (exact) mass is 231 g/mol. The average molecular weight is 231 g/mol. The Kier molecular flexibility index (Phi) is 5.81. The molecule has 0 bridgehead atoms. The van der Waals surface area contributed by atoms with Crippen molar-refractivity contribution in [2.45, 2.75) is 45.3 Å². The zero-order valence-electron chi connectivity index (χ0n) is 10.1. The molecule has 0 spiro atoms. The van der Waals surface area contributed by atoms with Crippen LogP contribution in [0.3, 0.4) is 0 Å². The van der Waals surface area contributed by atoms with Crippen molar-refractivity contribution in [3.63, 3.8) is 0 Å². The smallest absolute Gasteiger partial charge is 0.408 e. The minimum Gasteiger partial charge on any atom is -0.444 e. The van der Waals surface area contributed by atoms with Crippen molar-refractivity contribution in [3.05, 3.63) is 0 Å². The average Bonchev–Trinajstić information content (AvgIpc) is 2.08. The van der Waals surface area contributed by atoms with E-state index in [-0.39, 0.29) is 0 Å². The Morgan fingerprint density at radius 2 is 1.94 bits per heavy atom. The first-order chi connectivity index (χ1) is 7.26. The maximum atomic E-state index is 11.4. The van der Waals surface area contributed by atoms with Crippen LogP contribution in [0.4, 0.5) is 4.79 Å². The number of ether oxygens (including phenoxy) is 1. The van der Waals surface area contributed by atoms with Gasteiger partial charge in [-0.3, -0.25) is 4.79 Å². The van der Waals surface area contributed by atoms with Crippen LogP contribution in [0, 0.1) is 0 Å². The second kappa shape index (κ2) is 6.32. The highest BCUT2D eigenvalue weighted by Crippen LogP contribution is 2.07. The first-order valence-electron chi connectivity index (χ1n) is 5.25. The van der Waals surface area contributed by atoms with Crippen LogP contribution >= 0.6 is 0 Å². The van der Waals surface area contributed by atoms with Gasteiger partial charge in [0, 0.05) is 0 Å². The number of hydrogen-bond acceptors (Lipinski definition) is 4. The van der Waals surface area contributed by atoms with Crippen LogP contribution < -0.4 is 16.8 Å². The highest BCUT2D eigenvalue weighted by Gasteiger charge is 2.21. The van der Waals surface area contributed by atoms with Gasteiger partial charge in [-0.2, -0.15) is 0 Å². The van der Waals surface area contributed by atoms with Crippen LogP contribution in [0.2, 0.25) is 0 Å². The molecule has 94 valence electrons. The quantitative estimate of drug-likeness (QED) is 0.623. The van der Waals surface area contributed by atoms with Crippen molar-refractivity contribution in [2.24, 2.45) is 11.5 Å². The lowest BCUT2D eigenvalue weighted by Crippen LogP contribution is -2.46. The zero-order valence-corrected chi connectivity index (χ0v) is 10.1. The molecule has 5 N–H and O–H groups in total. The first kappa shape index (κ1) is 14.7. The molecule has 0 rings (SSSR count). The largest absolute Gasteiger partial charge is 0.444 e. The number of alkyl carbamates (subject to hydrolysis) is 1. The highest BCUT2D eigenvalue weighted by atomic mass is 16.6. The van der Waals surface area contributed by atoms with Crippen LogP contribution in [0.1, 0.15) is 33.6 Å². The second-order valence-corrected chi connectivity index (χ2v) is 4.53. The van der Waals surface area contributed by atoms with Crippen LogP contribution in [-0.2, 0) is 9.53 Å². The fraction of sp³-hybridized carbons (Fsp3) is 0.800. The summed E-state index contributed by atoms with van der Waals surface area (Å²) in [5, 5.41) is 2.42. The van der Waals surface area contributed by atoms with Gasteiger partial charge in [0.05, 0.1) is 0 Å². The predicted molar refractivity (Wildman–Crippen MR) is 60.6 cm³/mol. The molecule has 0 fully saturated rings. The molecule has 0 heterocycles. The normalized spacial score (nSPS) is 13.0. The minimum atomic E-state index is -0.724. The van der Waals surface area contributed by atoms with Gasteiger partial charge in [0.15, 0.2) is 0 Å². The molecule has 0 saturated heterocycles. The van der Waals surface area contributed by atoms with Gasteiger partial charge in [0.2, 0.25) is 5.91 Å². The fourth-order valence-electron chi connectivity index (χ4n) is 1.06. The summed E-state index contributed by atoms with van der Waals surface area (Å²) in [5.74, 6) is -0.584. The number of carbonyl (C=O) groups is 2. The van der Waals surface area contributed by atoms with E-state index in [1.807, 2.05) is 0 Å². The summed E-state index contributed by atoms with van der Waals surface area (Å²) >= 11 is 0. The van der Waals surface area contributed by atoms with Crippen LogP contribution in [0.25, 0.3) is 0 Å². The molecule has 0 aromatic heterocycles. The van der Waals surface area contributed by atoms with Crippen LogP contribution in [-0.4, -0.2) is 30.2 Å². The third kappa shape index (κ3) is 7.05. The lowest BCUT2D eigenvalue weighted by Gasteiger charge is -2.22. The SMILES string of the molecule is CC(C)(C)OC(=O)NC(CCCN)C(N)=O. The Bertz CT molecular complexity index is 248. The van der Waals surface area contributed by atoms with Crippen molar-refractivity contribution in [1.82, 2.24) is 5.32 Å². The van der Waals surface area contributed by atoms with Crippen molar-refractivity contribution < 1.29 is 14.3 Å². The van der Waals surface area contributed by atoms with Crippen LogP contribution in [0.15, 0.2) is 0 Å². The topological polar surface area (TPSA) is 107 Å². The molecule has 0 aliphatic heterocycles. The van der Waals surface area contributed by atoms with Crippen molar-refractivity contribution in [2.75, 3.05) is 6.54 Å². The molecular weight excluding hydrogens is 210 g/mol. The van der Waals surface area contributed by atoms with E-state index in [1.54, 1.807) is 20.8 Å². The molecule has 1 atom stereocenters. The van der Waals surface area contributed by atoms with E-state index < -0.39 is 23.6 Å². The van der Waals surface area contributed by atoms with E-state index in [2.05, 4.69) is 5.32 Å². The lowest BCUT2D eigenvalue weighted by atomic mass is 10.1. The van der Waals surface area contributed by atoms with Crippen molar-refractivity contribution in [3.8, 4) is 0 Å². The van der Waals surface area contributed by atoms with E-state index in [4.69, 9.17) is 16.2 Å². The summed E-state index contributed by atoms with van der Waals surface area (Å²) in [7, 11) is 0. The Hall–Kier alpha value is -1.30. The summed E-state index contributed by atoms with van der Waals surface area (Å²) in [6, 6.07) is -0.724. The molecule has 0 aromatic carbocycles. The molecule has 2 amide bonds. The second-order valence-electron chi connectivity index (χ2n) is 4.53. The van der Waals surface area contributed by atoms with Gasteiger partial charge < -0.3 is 21.5 Å². The number of amides is 2. The van der Waals surface area contributed by atoms with Crippen molar-refractivity contribution >= 4 is 12.0 Å². The van der Waals surface area contributed by atoms with Gasteiger partial charge in [-0.15, -0.1) is 0 Å². The molecule has 0 aliphatic carbocycles. The molecule has 0 aromatic rings. The number of primary amides is 1. The molecule has 0 saturated carbocycles. The lowest BCUT2D eigenvalue weighted by molar-refractivity contribution is -0.120. The summed E-state index contributed by atoms with van der Waals surface area (Å²) in [4.78, 5) is 22.4. The summed E-state index contributed by atoms with van der Waals surface area (Å²) < 4.78 is 5.01. The van der Waals surface area contributed by atoms with Gasteiger partial charge in [0.1, 0.15) is 11.6 Å². The van der Waals surface area contributed by atoms with E-state index in [1.165, 1.54) is 0 Å². The Morgan fingerprint density at radius 3 is 2.31 bits per heavy atom. The van der Waals surface area contributed by atoms with Gasteiger partial charge in [-0.05, 0) is 40.2 Å². The zero-order chi connectivity index (χ0) is 12.8. The Labute approximate surface area is 95.7 Å². The Morgan fingerprint density at radius 1 is 1.38 bits per heavy atom. The molecule has 0 radical (unpaired) electrons. The van der Waals surface area contributed by atoms with Crippen molar-refractivity contribution in [1.29, 1.82) is 0 Å². The number of nitrogens with two attached hydrogens (primary N) is 2. The first-order valence-corrected chi connectivity index (χ1v) is 5.25. The number of rotatable bonds is 5. The highest BCUT2D eigenvalue weighted by molar-refractivity contribution is 5.84. The fourth-order valence-corrected chi connectivity index (χ4v) is 1.06. The third-order valence-corrected chi connectivity index (χ3v) is 1.73. The molecule has 0 aliphatic rings. The molecule has 16 heavy (non-hydrogen) atoms. The minimum absolute atomic E-state index is 0.422. The van der Waals surface area contributed by atoms with Gasteiger partial charge in [-0.25, -0.2) is 4.79 Å². The standard InChI is InChI=1S/C10H21N3O3/c1-10(2,3)16-9(15)13-7(8(12)14)5-4-6-11/h7H,4-6,11H2,1-3H3,(H2,12,14)(H,13,15). The Balaban J connectivity index is 4.19. The summed E-state index contributed by atoms with van der Waals surface area (Å²) in [6.45, 7) is 5.67.